The molecule has 3 rings (SSSR count). The number of hydrogen-bond acceptors (Lipinski definition) is 3. The zero-order valence-corrected chi connectivity index (χ0v) is 14.0. The number of carbonyl (C=O) groups is 1. The molecule has 4 heteroatoms. The van der Waals surface area contributed by atoms with Crippen LogP contribution in [0.25, 0.3) is 0 Å². The average Bonchev–Trinajstić information content (AvgIpc) is 2.58. The van der Waals surface area contributed by atoms with Gasteiger partial charge < -0.3 is 15.8 Å². The van der Waals surface area contributed by atoms with E-state index in [2.05, 4.69) is 36.5 Å². The van der Waals surface area contributed by atoms with Crippen LogP contribution in [0.5, 0.6) is 0 Å². The van der Waals surface area contributed by atoms with Crippen LogP contribution in [0.3, 0.4) is 0 Å². The molecule has 0 bridgehead atoms. The second-order valence-electron chi connectivity index (χ2n) is 7.15. The van der Waals surface area contributed by atoms with Crippen molar-refractivity contribution in [3.05, 3.63) is 35.4 Å². The molecule has 1 saturated heterocycles. The topological polar surface area (TPSA) is 64.4 Å². The van der Waals surface area contributed by atoms with Gasteiger partial charge in [-0.3, -0.25) is 4.79 Å². The highest BCUT2D eigenvalue weighted by molar-refractivity contribution is 5.88. The molecule has 1 heterocycles. The first-order valence-corrected chi connectivity index (χ1v) is 8.81. The summed E-state index contributed by atoms with van der Waals surface area (Å²) >= 11 is 0. The van der Waals surface area contributed by atoms with E-state index in [0.29, 0.717) is 19.3 Å². The molecule has 1 aliphatic carbocycles. The monoisotopic (exact) mass is 316 g/mol. The molecule has 0 unspecified atom stereocenters. The Morgan fingerprint density at radius 1 is 1.13 bits per heavy atom. The summed E-state index contributed by atoms with van der Waals surface area (Å²) < 4.78 is 5.53. The van der Waals surface area contributed by atoms with Gasteiger partial charge in [0, 0.05) is 25.3 Å². The molecule has 1 amide bonds. The smallest absolute Gasteiger partial charge is 0.231 e. The van der Waals surface area contributed by atoms with Gasteiger partial charge in [-0.05, 0) is 51.0 Å². The van der Waals surface area contributed by atoms with E-state index in [1.54, 1.807) is 0 Å². The molecular formula is C19H28N2O2. The molecule has 1 aliphatic heterocycles. The van der Waals surface area contributed by atoms with Gasteiger partial charge in [0.05, 0.1) is 5.41 Å². The van der Waals surface area contributed by atoms with Gasteiger partial charge in [0.15, 0.2) is 0 Å². The highest BCUT2D eigenvalue weighted by atomic mass is 16.5. The van der Waals surface area contributed by atoms with E-state index < -0.39 is 5.41 Å². The zero-order valence-electron chi connectivity index (χ0n) is 14.0. The summed E-state index contributed by atoms with van der Waals surface area (Å²) in [5.74, 6) is 0.171. The van der Waals surface area contributed by atoms with Gasteiger partial charge in [0.2, 0.25) is 5.91 Å². The van der Waals surface area contributed by atoms with E-state index >= 15 is 0 Å². The lowest BCUT2D eigenvalue weighted by atomic mass is 9.73. The van der Waals surface area contributed by atoms with E-state index in [1.165, 1.54) is 5.56 Å². The third-order valence-corrected chi connectivity index (χ3v) is 5.49. The first-order valence-electron chi connectivity index (χ1n) is 8.81. The molecule has 23 heavy (non-hydrogen) atoms. The van der Waals surface area contributed by atoms with Gasteiger partial charge in [-0.1, -0.05) is 29.8 Å². The van der Waals surface area contributed by atoms with Crippen molar-refractivity contribution in [3.63, 3.8) is 0 Å². The number of carbonyl (C=O) groups excluding carboxylic acids is 1. The lowest BCUT2D eigenvalue weighted by Gasteiger charge is -2.38. The highest BCUT2D eigenvalue weighted by Gasteiger charge is 2.42. The number of amides is 1. The Hall–Kier alpha value is -1.39. The Balaban J connectivity index is 1.78. The molecule has 2 aliphatic rings. The standard InChI is InChI=1S/C19H28N2O2/c1-14-2-4-15(5-3-14)19(10-12-23-13-11-19)18(22)21-17-8-6-16(20)7-9-17/h2-5,16-17H,6-13,20H2,1H3,(H,21,22). The molecule has 1 saturated carbocycles. The average molecular weight is 316 g/mol. The van der Waals surface area contributed by atoms with Crippen molar-refractivity contribution in [1.82, 2.24) is 5.32 Å². The van der Waals surface area contributed by atoms with E-state index in [0.717, 1.165) is 44.1 Å². The minimum Gasteiger partial charge on any atom is -0.381 e. The van der Waals surface area contributed by atoms with Gasteiger partial charge in [-0.2, -0.15) is 0 Å². The minimum atomic E-state index is -0.439. The fourth-order valence-electron chi connectivity index (χ4n) is 3.83. The minimum absolute atomic E-state index is 0.171. The number of benzene rings is 1. The predicted octanol–water partition coefficient (Wildman–Crippen LogP) is 2.43. The van der Waals surface area contributed by atoms with Crippen molar-refractivity contribution in [1.29, 1.82) is 0 Å². The fraction of sp³-hybridized carbons (Fsp3) is 0.632. The Kier molecular flexibility index (Phi) is 5.02. The number of rotatable bonds is 3. The van der Waals surface area contributed by atoms with Crippen LogP contribution < -0.4 is 11.1 Å². The molecule has 126 valence electrons. The SMILES string of the molecule is Cc1ccc(C2(C(=O)NC3CCC(N)CC3)CCOCC2)cc1. The Morgan fingerprint density at radius 3 is 2.35 bits per heavy atom. The van der Waals surface area contributed by atoms with Gasteiger partial charge in [0.25, 0.3) is 0 Å². The number of hydrogen-bond donors (Lipinski definition) is 2. The summed E-state index contributed by atoms with van der Waals surface area (Å²) in [7, 11) is 0. The van der Waals surface area contributed by atoms with Crippen LogP contribution in [0.1, 0.15) is 49.7 Å². The zero-order chi connectivity index (χ0) is 16.3. The molecule has 0 atom stereocenters. The highest BCUT2D eigenvalue weighted by Crippen LogP contribution is 2.36. The van der Waals surface area contributed by atoms with E-state index in [4.69, 9.17) is 10.5 Å². The van der Waals surface area contributed by atoms with Crippen LogP contribution >= 0.6 is 0 Å². The molecule has 2 fully saturated rings. The summed E-state index contributed by atoms with van der Waals surface area (Å²) in [6.07, 6.45) is 5.51. The van der Waals surface area contributed by atoms with Crippen LogP contribution in [0, 0.1) is 6.92 Å². The largest absolute Gasteiger partial charge is 0.381 e. The van der Waals surface area contributed by atoms with Crippen molar-refractivity contribution in [2.45, 2.75) is 62.9 Å². The second-order valence-corrected chi connectivity index (χ2v) is 7.15. The third-order valence-electron chi connectivity index (χ3n) is 5.49. The van der Waals surface area contributed by atoms with Crippen molar-refractivity contribution in [3.8, 4) is 0 Å². The van der Waals surface area contributed by atoms with E-state index in [9.17, 15) is 4.79 Å². The second kappa shape index (κ2) is 7.02. The van der Waals surface area contributed by atoms with Crippen LogP contribution in [-0.2, 0) is 14.9 Å². The summed E-state index contributed by atoms with van der Waals surface area (Å²) in [5.41, 5.74) is 7.88. The summed E-state index contributed by atoms with van der Waals surface area (Å²) in [6.45, 7) is 3.37. The maximum atomic E-state index is 13.2. The molecular weight excluding hydrogens is 288 g/mol. The first kappa shape index (κ1) is 16.5. The summed E-state index contributed by atoms with van der Waals surface area (Å²) in [5, 5.41) is 3.31. The summed E-state index contributed by atoms with van der Waals surface area (Å²) in [4.78, 5) is 13.2. The van der Waals surface area contributed by atoms with Crippen molar-refractivity contribution >= 4 is 5.91 Å². The van der Waals surface area contributed by atoms with Gasteiger partial charge in [-0.15, -0.1) is 0 Å². The predicted molar refractivity (Wildman–Crippen MR) is 91.3 cm³/mol. The lowest BCUT2D eigenvalue weighted by molar-refractivity contribution is -0.131. The summed E-state index contributed by atoms with van der Waals surface area (Å²) in [6, 6.07) is 8.98. The van der Waals surface area contributed by atoms with Gasteiger partial charge in [-0.25, -0.2) is 0 Å². The Morgan fingerprint density at radius 2 is 1.74 bits per heavy atom. The van der Waals surface area contributed by atoms with Crippen molar-refractivity contribution in [2.75, 3.05) is 13.2 Å². The van der Waals surface area contributed by atoms with Crippen LogP contribution in [0.4, 0.5) is 0 Å². The number of nitrogens with two attached hydrogens (primary N) is 1. The van der Waals surface area contributed by atoms with Gasteiger partial charge >= 0.3 is 0 Å². The molecule has 3 N–H and O–H groups in total. The lowest BCUT2D eigenvalue weighted by Crippen LogP contribution is -2.52. The molecule has 0 spiro atoms. The molecule has 1 aromatic rings. The maximum absolute atomic E-state index is 13.2. The molecule has 0 radical (unpaired) electrons. The van der Waals surface area contributed by atoms with Crippen LogP contribution in [0.2, 0.25) is 0 Å². The van der Waals surface area contributed by atoms with E-state index in [1.807, 2.05) is 0 Å². The number of ether oxygens (including phenoxy) is 1. The van der Waals surface area contributed by atoms with Crippen LogP contribution in [-0.4, -0.2) is 31.2 Å². The third kappa shape index (κ3) is 3.59. The Bertz CT molecular complexity index is 527. The maximum Gasteiger partial charge on any atom is 0.231 e. The molecule has 4 nitrogen and oxygen atoms in total. The molecule has 1 aromatic carbocycles. The van der Waals surface area contributed by atoms with E-state index in [-0.39, 0.29) is 11.9 Å². The quantitative estimate of drug-likeness (QED) is 0.900. The fourth-order valence-corrected chi connectivity index (χ4v) is 3.83. The first-order chi connectivity index (χ1) is 11.1. The number of nitrogens with one attached hydrogen (secondary N) is 1. The molecule has 0 aromatic heterocycles. The van der Waals surface area contributed by atoms with Crippen molar-refractivity contribution < 1.29 is 9.53 Å². The number of aryl methyl sites for hydroxylation is 1. The van der Waals surface area contributed by atoms with Crippen molar-refractivity contribution in [2.24, 2.45) is 5.73 Å². The Labute approximate surface area is 138 Å². The van der Waals surface area contributed by atoms with Gasteiger partial charge in [0.1, 0.15) is 0 Å². The normalized spacial score (nSPS) is 27.4. The van der Waals surface area contributed by atoms with Crippen LogP contribution in [0.15, 0.2) is 24.3 Å².